The van der Waals surface area contributed by atoms with Gasteiger partial charge in [-0.15, -0.1) is 0 Å². The van der Waals surface area contributed by atoms with Gasteiger partial charge < -0.3 is 10.1 Å². The van der Waals surface area contributed by atoms with E-state index in [4.69, 9.17) is 4.74 Å². The van der Waals surface area contributed by atoms with Gasteiger partial charge in [0.05, 0.1) is 12.1 Å². The van der Waals surface area contributed by atoms with Crippen molar-refractivity contribution in [1.29, 1.82) is 0 Å². The van der Waals surface area contributed by atoms with Crippen LogP contribution in [0.25, 0.3) is 0 Å². The van der Waals surface area contributed by atoms with E-state index in [0.29, 0.717) is 12.1 Å². The van der Waals surface area contributed by atoms with Gasteiger partial charge in [0, 0.05) is 26.2 Å². The summed E-state index contributed by atoms with van der Waals surface area (Å²) in [6.07, 6.45) is 2.84. The Kier molecular flexibility index (Phi) is 2.41. The van der Waals surface area contributed by atoms with E-state index in [9.17, 15) is 0 Å². The van der Waals surface area contributed by atoms with Gasteiger partial charge in [-0.2, -0.15) is 0 Å². The summed E-state index contributed by atoms with van der Waals surface area (Å²) in [6, 6.07) is 0.436. The second-order valence-electron chi connectivity index (χ2n) is 3.23. The van der Waals surface area contributed by atoms with Crippen molar-refractivity contribution in [1.82, 2.24) is 10.6 Å². The highest BCUT2D eigenvalue weighted by Crippen LogP contribution is 2.16. The third-order valence-electron chi connectivity index (χ3n) is 2.40. The zero-order chi connectivity index (χ0) is 7.52. The molecule has 2 saturated heterocycles. The molecule has 0 aliphatic carbocycles. The minimum atomic E-state index is 0.419. The van der Waals surface area contributed by atoms with Crippen molar-refractivity contribution in [3.05, 3.63) is 0 Å². The van der Waals surface area contributed by atoms with E-state index in [1.807, 2.05) is 0 Å². The zero-order valence-corrected chi connectivity index (χ0v) is 6.75. The molecule has 2 aliphatic rings. The van der Waals surface area contributed by atoms with Crippen molar-refractivity contribution < 1.29 is 4.74 Å². The Labute approximate surface area is 67.5 Å². The molecule has 2 unspecified atom stereocenters. The van der Waals surface area contributed by atoms with Crippen LogP contribution in [0.15, 0.2) is 0 Å². The van der Waals surface area contributed by atoms with E-state index in [2.05, 4.69) is 10.6 Å². The number of piperazine rings is 1. The monoisotopic (exact) mass is 155 g/mol. The second kappa shape index (κ2) is 3.52. The van der Waals surface area contributed by atoms with Crippen molar-refractivity contribution in [3.63, 3.8) is 0 Å². The summed E-state index contributed by atoms with van der Waals surface area (Å²) in [5, 5.41) is 7.86. The summed E-state index contributed by atoms with van der Waals surface area (Å²) in [5.74, 6) is 0. The molecule has 0 aromatic rings. The van der Waals surface area contributed by atoms with Crippen LogP contribution in [0.2, 0.25) is 0 Å². The van der Waals surface area contributed by atoms with Gasteiger partial charge >= 0.3 is 0 Å². The van der Waals surface area contributed by atoms with E-state index in [0.717, 1.165) is 26.2 Å². The van der Waals surface area contributed by atoms with Crippen LogP contribution in [0.4, 0.5) is 0 Å². The molecular formula is C8H15N2O. The van der Waals surface area contributed by atoms with Gasteiger partial charge in [-0.25, -0.2) is 5.32 Å². The Hall–Kier alpha value is -0.120. The standard InChI is InChI=1S/C8H15N2O/c1-2-8(11-5-1)7-6-9-3-4-10-7/h7-9H,1-6H2. The molecule has 3 nitrogen and oxygen atoms in total. The third kappa shape index (κ3) is 1.72. The summed E-state index contributed by atoms with van der Waals surface area (Å²) < 4.78 is 5.56. The van der Waals surface area contributed by atoms with E-state index >= 15 is 0 Å². The first-order valence-electron chi connectivity index (χ1n) is 4.46. The van der Waals surface area contributed by atoms with E-state index in [1.165, 1.54) is 12.8 Å². The molecule has 11 heavy (non-hydrogen) atoms. The quantitative estimate of drug-likeness (QED) is 0.566. The molecule has 2 fully saturated rings. The van der Waals surface area contributed by atoms with Crippen LogP contribution in [0.5, 0.6) is 0 Å². The molecule has 0 saturated carbocycles. The van der Waals surface area contributed by atoms with E-state index in [1.54, 1.807) is 0 Å². The zero-order valence-electron chi connectivity index (χ0n) is 6.75. The third-order valence-corrected chi connectivity index (χ3v) is 2.40. The van der Waals surface area contributed by atoms with Gasteiger partial charge in [-0.1, -0.05) is 0 Å². The summed E-state index contributed by atoms with van der Waals surface area (Å²) in [6.45, 7) is 3.97. The Bertz CT molecular complexity index is 117. The predicted octanol–water partition coefficient (Wildman–Crippen LogP) is -0.258. The maximum atomic E-state index is 5.56. The molecule has 2 heterocycles. The van der Waals surface area contributed by atoms with Gasteiger partial charge in [-0.3, -0.25) is 0 Å². The van der Waals surface area contributed by atoms with Crippen LogP contribution in [0.1, 0.15) is 12.8 Å². The lowest BCUT2D eigenvalue weighted by molar-refractivity contribution is 0.0722. The first-order chi connectivity index (χ1) is 5.47. The molecular weight excluding hydrogens is 140 g/mol. The van der Waals surface area contributed by atoms with Crippen molar-refractivity contribution in [2.75, 3.05) is 26.2 Å². The molecule has 0 bridgehead atoms. The lowest BCUT2D eigenvalue weighted by atomic mass is 10.1. The van der Waals surface area contributed by atoms with Gasteiger partial charge in [0.15, 0.2) is 0 Å². The molecule has 63 valence electrons. The highest BCUT2D eigenvalue weighted by molar-refractivity contribution is 4.84. The molecule has 2 atom stereocenters. The predicted molar refractivity (Wildman–Crippen MR) is 42.6 cm³/mol. The molecule has 0 spiro atoms. The molecule has 2 rings (SSSR count). The highest BCUT2D eigenvalue weighted by Gasteiger charge is 2.27. The molecule has 0 amide bonds. The summed E-state index contributed by atoms with van der Waals surface area (Å²) in [4.78, 5) is 0. The molecule has 1 radical (unpaired) electrons. The Morgan fingerprint density at radius 3 is 3.09 bits per heavy atom. The van der Waals surface area contributed by atoms with Crippen molar-refractivity contribution in [2.24, 2.45) is 0 Å². The number of nitrogens with one attached hydrogen (secondary N) is 1. The topological polar surface area (TPSA) is 35.4 Å². The summed E-state index contributed by atoms with van der Waals surface area (Å²) in [7, 11) is 0. The van der Waals surface area contributed by atoms with Crippen molar-refractivity contribution >= 4 is 0 Å². The van der Waals surface area contributed by atoms with Crippen LogP contribution in [0.3, 0.4) is 0 Å². The summed E-state index contributed by atoms with van der Waals surface area (Å²) in [5.41, 5.74) is 0. The lowest BCUT2D eigenvalue weighted by Crippen LogP contribution is -2.49. The SMILES string of the molecule is C1COC(C2CNCC[N]2)C1. The number of nitrogens with zero attached hydrogens (tertiary/aromatic N) is 1. The fraction of sp³-hybridized carbons (Fsp3) is 1.00. The molecule has 3 heteroatoms. The maximum absolute atomic E-state index is 5.56. The molecule has 1 N–H and O–H groups in total. The average molecular weight is 155 g/mol. The lowest BCUT2D eigenvalue weighted by Gasteiger charge is -2.26. The van der Waals surface area contributed by atoms with E-state index < -0.39 is 0 Å². The van der Waals surface area contributed by atoms with Crippen molar-refractivity contribution in [3.8, 4) is 0 Å². The van der Waals surface area contributed by atoms with Crippen LogP contribution in [-0.4, -0.2) is 38.4 Å². The van der Waals surface area contributed by atoms with Gasteiger partial charge in [-0.05, 0) is 12.8 Å². The van der Waals surface area contributed by atoms with Crippen LogP contribution in [-0.2, 0) is 4.74 Å². The molecule has 2 aliphatic heterocycles. The largest absolute Gasteiger partial charge is 0.376 e. The number of ether oxygens (including phenoxy) is 1. The Morgan fingerprint density at radius 1 is 1.45 bits per heavy atom. The Morgan fingerprint density at radius 2 is 2.45 bits per heavy atom. The average Bonchev–Trinajstić information content (AvgIpc) is 2.58. The number of rotatable bonds is 1. The van der Waals surface area contributed by atoms with Crippen LogP contribution in [0, 0.1) is 0 Å². The number of hydrogen-bond donors (Lipinski definition) is 1. The first-order valence-corrected chi connectivity index (χ1v) is 4.46. The maximum Gasteiger partial charge on any atom is 0.0757 e. The van der Waals surface area contributed by atoms with E-state index in [-0.39, 0.29) is 0 Å². The minimum Gasteiger partial charge on any atom is -0.376 e. The van der Waals surface area contributed by atoms with Crippen molar-refractivity contribution in [2.45, 2.75) is 25.0 Å². The number of hydrogen-bond acceptors (Lipinski definition) is 2. The smallest absolute Gasteiger partial charge is 0.0757 e. The van der Waals surface area contributed by atoms with Crippen LogP contribution < -0.4 is 10.6 Å². The van der Waals surface area contributed by atoms with Gasteiger partial charge in [0.1, 0.15) is 0 Å². The fourth-order valence-corrected chi connectivity index (χ4v) is 1.78. The molecule has 0 aromatic carbocycles. The summed E-state index contributed by atoms with van der Waals surface area (Å²) >= 11 is 0. The fourth-order valence-electron chi connectivity index (χ4n) is 1.78. The van der Waals surface area contributed by atoms with Gasteiger partial charge in [0.25, 0.3) is 0 Å². The first kappa shape index (κ1) is 7.53. The normalized spacial score (nSPS) is 39.3. The van der Waals surface area contributed by atoms with Gasteiger partial charge in [0.2, 0.25) is 0 Å². The minimum absolute atomic E-state index is 0.419. The van der Waals surface area contributed by atoms with Crippen LogP contribution >= 0.6 is 0 Å². The second-order valence-corrected chi connectivity index (χ2v) is 3.23. The Balaban J connectivity index is 1.82. The highest BCUT2D eigenvalue weighted by atomic mass is 16.5. The molecule has 0 aromatic heterocycles.